The van der Waals surface area contributed by atoms with Gasteiger partial charge in [0.05, 0.1) is 14.2 Å². The molecule has 0 N–H and O–H groups in total. The average Bonchev–Trinajstić information content (AvgIpc) is 1.83. The maximum Gasteiger partial charge on any atom is 0.270 e. The third-order valence-electron chi connectivity index (χ3n) is 0.646. The quantitative estimate of drug-likeness (QED) is 0.331. The Morgan fingerprint density at radius 2 is 2.00 bits per heavy atom. The molecular formula is C4H9ClO2Si. The minimum absolute atomic E-state index is 0.520. The predicted molar refractivity (Wildman–Crippen MR) is 36.5 cm³/mol. The SMILES string of the molecule is COC(=C[SiH2]Cl)OC. The van der Waals surface area contributed by atoms with Crippen molar-refractivity contribution in [2.24, 2.45) is 0 Å². The van der Waals surface area contributed by atoms with E-state index in [1.807, 2.05) is 0 Å². The third kappa shape index (κ3) is 2.93. The summed E-state index contributed by atoms with van der Waals surface area (Å²) in [7, 11) is 2.51. The van der Waals surface area contributed by atoms with E-state index in [9.17, 15) is 0 Å². The van der Waals surface area contributed by atoms with Crippen molar-refractivity contribution in [1.29, 1.82) is 0 Å². The van der Waals surface area contributed by atoms with E-state index in [-0.39, 0.29) is 0 Å². The maximum absolute atomic E-state index is 5.46. The number of rotatable bonds is 3. The number of methoxy groups -OCH3 is 2. The molecule has 0 aromatic heterocycles. The summed E-state index contributed by atoms with van der Waals surface area (Å²) >= 11 is 5.46. The van der Waals surface area contributed by atoms with Crippen molar-refractivity contribution < 1.29 is 9.47 Å². The van der Waals surface area contributed by atoms with Gasteiger partial charge in [0.15, 0.2) is 8.83 Å². The Hall–Kier alpha value is -0.153. The minimum atomic E-state index is -0.595. The van der Waals surface area contributed by atoms with E-state index in [0.29, 0.717) is 5.95 Å². The van der Waals surface area contributed by atoms with Crippen LogP contribution in [0.3, 0.4) is 0 Å². The van der Waals surface area contributed by atoms with Crippen molar-refractivity contribution in [2.45, 2.75) is 0 Å². The molecule has 0 radical (unpaired) electrons. The first kappa shape index (κ1) is 7.85. The minimum Gasteiger partial charge on any atom is -0.469 e. The van der Waals surface area contributed by atoms with E-state index in [4.69, 9.17) is 20.6 Å². The van der Waals surface area contributed by atoms with Crippen LogP contribution in [0.2, 0.25) is 0 Å². The molecule has 0 fully saturated rings. The highest BCUT2D eigenvalue weighted by molar-refractivity contribution is 6.96. The van der Waals surface area contributed by atoms with Gasteiger partial charge < -0.3 is 9.47 Å². The summed E-state index contributed by atoms with van der Waals surface area (Å²) in [6.07, 6.45) is 0. The summed E-state index contributed by atoms with van der Waals surface area (Å²) < 4.78 is 9.46. The van der Waals surface area contributed by atoms with Gasteiger partial charge in [0.25, 0.3) is 5.95 Å². The monoisotopic (exact) mass is 152 g/mol. The van der Waals surface area contributed by atoms with Gasteiger partial charge in [0.1, 0.15) is 0 Å². The molecule has 8 heavy (non-hydrogen) atoms. The number of halogens is 1. The van der Waals surface area contributed by atoms with Crippen LogP contribution in [0.1, 0.15) is 0 Å². The van der Waals surface area contributed by atoms with Gasteiger partial charge in [-0.3, -0.25) is 0 Å². The second-order valence-corrected chi connectivity index (χ2v) is 2.73. The van der Waals surface area contributed by atoms with E-state index >= 15 is 0 Å². The molecule has 0 amide bonds. The molecule has 0 rings (SSSR count). The van der Waals surface area contributed by atoms with Crippen LogP contribution in [0.4, 0.5) is 0 Å². The fourth-order valence-corrected chi connectivity index (χ4v) is 1.15. The first-order valence-electron chi connectivity index (χ1n) is 2.19. The van der Waals surface area contributed by atoms with Crippen molar-refractivity contribution in [3.63, 3.8) is 0 Å². The van der Waals surface area contributed by atoms with Gasteiger partial charge in [-0.1, -0.05) is 0 Å². The zero-order chi connectivity index (χ0) is 6.41. The van der Waals surface area contributed by atoms with Crippen molar-refractivity contribution in [3.05, 3.63) is 11.6 Å². The highest BCUT2D eigenvalue weighted by Gasteiger charge is 1.87. The van der Waals surface area contributed by atoms with E-state index in [1.54, 1.807) is 19.9 Å². The zero-order valence-corrected chi connectivity index (χ0v) is 7.15. The zero-order valence-electron chi connectivity index (χ0n) is 4.98. The van der Waals surface area contributed by atoms with Gasteiger partial charge in [0, 0.05) is 0 Å². The van der Waals surface area contributed by atoms with E-state index in [0.717, 1.165) is 0 Å². The molecule has 0 atom stereocenters. The van der Waals surface area contributed by atoms with Crippen LogP contribution in [0, 0.1) is 0 Å². The molecule has 0 aliphatic rings. The van der Waals surface area contributed by atoms with E-state index in [1.165, 1.54) is 0 Å². The second-order valence-electron chi connectivity index (χ2n) is 1.09. The van der Waals surface area contributed by atoms with Gasteiger partial charge in [0.2, 0.25) is 0 Å². The van der Waals surface area contributed by atoms with Crippen molar-refractivity contribution in [2.75, 3.05) is 14.2 Å². The van der Waals surface area contributed by atoms with Gasteiger partial charge in [-0.2, -0.15) is 11.1 Å². The lowest BCUT2D eigenvalue weighted by Crippen LogP contribution is -1.89. The van der Waals surface area contributed by atoms with Crippen molar-refractivity contribution >= 4 is 19.9 Å². The Labute approximate surface area is 56.0 Å². The first-order chi connectivity index (χ1) is 3.85. The molecule has 0 saturated carbocycles. The van der Waals surface area contributed by atoms with Crippen LogP contribution >= 0.6 is 11.1 Å². The summed E-state index contributed by atoms with van der Waals surface area (Å²) in [5, 5.41) is 0. The highest BCUT2D eigenvalue weighted by Crippen LogP contribution is 1.93. The highest BCUT2D eigenvalue weighted by atomic mass is 35.6. The van der Waals surface area contributed by atoms with Crippen molar-refractivity contribution in [1.82, 2.24) is 0 Å². The molecule has 4 heteroatoms. The number of ether oxygens (including phenoxy) is 2. The molecule has 0 aromatic carbocycles. The van der Waals surface area contributed by atoms with Crippen LogP contribution in [0.5, 0.6) is 0 Å². The first-order valence-corrected chi connectivity index (χ1v) is 5.14. The topological polar surface area (TPSA) is 18.5 Å². The molecular weight excluding hydrogens is 144 g/mol. The lowest BCUT2D eigenvalue weighted by Gasteiger charge is -2.00. The van der Waals surface area contributed by atoms with Crippen LogP contribution < -0.4 is 0 Å². The Morgan fingerprint density at radius 1 is 1.50 bits per heavy atom. The molecule has 0 bridgehead atoms. The summed E-state index contributed by atoms with van der Waals surface area (Å²) in [4.78, 5) is 0. The Morgan fingerprint density at radius 3 is 2.12 bits per heavy atom. The van der Waals surface area contributed by atoms with Crippen LogP contribution in [-0.2, 0) is 9.47 Å². The Kier molecular flexibility index (Phi) is 4.90. The third-order valence-corrected chi connectivity index (χ3v) is 1.60. The molecule has 2 nitrogen and oxygen atoms in total. The van der Waals surface area contributed by atoms with Crippen LogP contribution in [0.15, 0.2) is 11.6 Å². The molecule has 0 aliphatic heterocycles. The lowest BCUT2D eigenvalue weighted by atomic mass is 11.0. The maximum atomic E-state index is 5.46. The summed E-state index contributed by atoms with van der Waals surface area (Å²) in [6, 6.07) is 0. The lowest BCUT2D eigenvalue weighted by molar-refractivity contribution is 0.0964. The number of hydrogen-bond donors (Lipinski definition) is 0. The van der Waals surface area contributed by atoms with Crippen LogP contribution in [-0.4, -0.2) is 23.0 Å². The second kappa shape index (κ2) is 4.99. The summed E-state index contributed by atoms with van der Waals surface area (Å²) in [5.41, 5.74) is 1.78. The molecule has 48 valence electrons. The molecule has 0 heterocycles. The van der Waals surface area contributed by atoms with Gasteiger partial charge in [-0.25, -0.2) is 0 Å². The Balaban J connectivity index is 3.49. The molecule has 0 unspecified atom stereocenters. The molecule has 0 aromatic rings. The van der Waals surface area contributed by atoms with Gasteiger partial charge in [-0.15, -0.1) is 0 Å². The fraction of sp³-hybridized carbons (Fsp3) is 0.500. The largest absolute Gasteiger partial charge is 0.469 e. The molecule has 0 aliphatic carbocycles. The molecule has 0 spiro atoms. The van der Waals surface area contributed by atoms with E-state index < -0.39 is 8.83 Å². The smallest absolute Gasteiger partial charge is 0.270 e. The predicted octanol–water partition coefficient (Wildman–Crippen LogP) is 0.401. The van der Waals surface area contributed by atoms with Gasteiger partial charge >= 0.3 is 0 Å². The van der Waals surface area contributed by atoms with Crippen molar-refractivity contribution in [3.8, 4) is 0 Å². The fourth-order valence-electron chi connectivity index (χ4n) is 0.313. The summed E-state index contributed by atoms with van der Waals surface area (Å²) in [6.45, 7) is 0. The van der Waals surface area contributed by atoms with Crippen LogP contribution in [0.25, 0.3) is 0 Å². The van der Waals surface area contributed by atoms with E-state index in [2.05, 4.69) is 0 Å². The standard InChI is InChI=1S/C4H9ClO2Si/c1-6-4(7-2)3-8-5/h3H,8H2,1-2H3. The van der Waals surface area contributed by atoms with Gasteiger partial charge in [-0.05, 0) is 5.70 Å². The normalized spacial score (nSPS) is 9.38. The summed E-state index contributed by atoms with van der Waals surface area (Å²) in [5.74, 6) is 0.520. The Bertz CT molecular complexity index is 78.1. The number of hydrogen-bond acceptors (Lipinski definition) is 2. The molecule has 0 saturated heterocycles. The average molecular weight is 153 g/mol.